The smallest absolute Gasteiger partial charge is 0.254 e. The van der Waals surface area contributed by atoms with Gasteiger partial charge in [0, 0.05) is 44.3 Å². The minimum Gasteiger partial charge on any atom is -0.336 e. The number of likely N-dealkylation sites (N-methyl/N-ethyl adjacent to an activating group) is 1. The van der Waals surface area contributed by atoms with Crippen molar-refractivity contribution in [3.63, 3.8) is 0 Å². The topological polar surface area (TPSA) is 26.8 Å². The molecule has 2 fully saturated rings. The Balaban J connectivity index is 1.54. The molecule has 2 heterocycles. The number of amides is 1. The van der Waals surface area contributed by atoms with Gasteiger partial charge in [-0.2, -0.15) is 0 Å². The monoisotopic (exact) mass is 333 g/mol. The lowest BCUT2D eigenvalue weighted by Crippen LogP contribution is -2.53. The molecule has 0 saturated carbocycles. The summed E-state index contributed by atoms with van der Waals surface area (Å²) in [7, 11) is 2.22. The second-order valence-electron chi connectivity index (χ2n) is 7.18. The molecule has 0 unspecified atom stereocenters. The molecule has 5 heteroatoms. The zero-order chi connectivity index (χ0) is 17.1. The molecule has 2 aliphatic heterocycles. The summed E-state index contributed by atoms with van der Waals surface area (Å²) in [6, 6.07) is 5.09. The van der Waals surface area contributed by atoms with Crippen molar-refractivity contribution in [2.24, 2.45) is 0 Å². The molecule has 0 aliphatic carbocycles. The number of likely N-dealkylation sites (tertiary alicyclic amines) is 1. The van der Waals surface area contributed by atoms with Gasteiger partial charge in [-0.1, -0.05) is 12.5 Å². The lowest BCUT2D eigenvalue weighted by Gasteiger charge is -2.40. The van der Waals surface area contributed by atoms with Gasteiger partial charge in [0.1, 0.15) is 5.82 Å². The van der Waals surface area contributed by atoms with Gasteiger partial charge in [-0.15, -0.1) is 0 Å². The first kappa shape index (κ1) is 17.4. The van der Waals surface area contributed by atoms with Crippen LogP contribution in [0.25, 0.3) is 0 Å². The van der Waals surface area contributed by atoms with Crippen LogP contribution in [0, 0.1) is 12.7 Å². The molecule has 2 aliphatic rings. The van der Waals surface area contributed by atoms with E-state index >= 15 is 0 Å². The number of carbonyl (C=O) groups is 1. The Morgan fingerprint density at radius 3 is 2.62 bits per heavy atom. The van der Waals surface area contributed by atoms with E-state index < -0.39 is 0 Å². The molecule has 0 radical (unpaired) electrons. The van der Waals surface area contributed by atoms with Crippen LogP contribution < -0.4 is 0 Å². The number of hydrogen-bond donors (Lipinski definition) is 0. The van der Waals surface area contributed by atoms with Crippen molar-refractivity contribution in [1.82, 2.24) is 14.7 Å². The molecule has 132 valence electrons. The van der Waals surface area contributed by atoms with Gasteiger partial charge in [-0.05, 0) is 51.1 Å². The summed E-state index contributed by atoms with van der Waals surface area (Å²) in [6.07, 6.45) is 3.91. The fourth-order valence-electron chi connectivity index (χ4n) is 3.80. The lowest BCUT2D eigenvalue weighted by molar-refractivity contribution is 0.0564. The molecule has 3 rings (SSSR count). The Kier molecular flexibility index (Phi) is 5.51. The third-order valence-corrected chi connectivity index (χ3v) is 5.48. The lowest BCUT2D eigenvalue weighted by atomic mass is 10.0. The Bertz CT molecular complexity index is 584. The highest BCUT2D eigenvalue weighted by atomic mass is 19.1. The predicted molar refractivity (Wildman–Crippen MR) is 93.7 cm³/mol. The van der Waals surface area contributed by atoms with E-state index in [0.29, 0.717) is 11.6 Å². The van der Waals surface area contributed by atoms with E-state index in [-0.39, 0.29) is 11.7 Å². The van der Waals surface area contributed by atoms with Gasteiger partial charge in [0.2, 0.25) is 0 Å². The molecule has 1 amide bonds. The van der Waals surface area contributed by atoms with Crippen LogP contribution in [0.4, 0.5) is 4.39 Å². The standard InChI is InChI=1S/C19H28FN3O/c1-15-6-7-16(20)13-18(15)19(24)23-11-9-22(10-12-23)14-17-5-3-4-8-21(17)2/h6-7,13,17H,3-5,8-12,14H2,1-2H3/t17-/m0/s1. The van der Waals surface area contributed by atoms with Crippen LogP contribution in [-0.2, 0) is 0 Å². The van der Waals surface area contributed by atoms with Crippen molar-refractivity contribution in [3.8, 4) is 0 Å². The first-order valence-corrected chi connectivity index (χ1v) is 9.02. The van der Waals surface area contributed by atoms with E-state index in [2.05, 4.69) is 16.8 Å². The van der Waals surface area contributed by atoms with Gasteiger partial charge in [0.05, 0.1) is 0 Å². The molecular formula is C19H28FN3O. The van der Waals surface area contributed by atoms with E-state index in [4.69, 9.17) is 0 Å². The Morgan fingerprint density at radius 1 is 1.17 bits per heavy atom. The summed E-state index contributed by atoms with van der Waals surface area (Å²) in [5, 5.41) is 0. The number of piperidine rings is 1. The number of piperazine rings is 1. The first-order valence-electron chi connectivity index (χ1n) is 9.02. The van der Waals surface area contributed by atoms with Crippen molar-refractivity contribution in [1.29, 1.82) is 0 Å². The van der Waals surface area contributed by atoms with E-state index in [1.807, 2.05) is 11.8 Å². The summed E-state index contributed by atoms with van der Waals surface area (Å²) < 4.78 is 13.5. The highest BCUT2D eigenvalue weighted by Gasteiger charge is 2.26. The Morgan fingerprint density at radius 2 is 1.92 bits per heavy atom. The zero-order valence-electron chi connectivity index (χ0n) is 14.8. The maximum Gasteiger partial charge on any atom is 0.254 e. The average Bonchev–Trinajstić information content (AvgIpc) is 2.59. The number of hydrogen-bond acceptors (Lipinski definition) is 3. The third-order valence-electron chi connectivity index (χ3n) is 5.48. The van der Waals surface area contributed by atoms with Crippen molar-refractivity contribution in [3.05, 3.63) is 35.1 Å². The van der Waals surface area contributed by atoms with E-state index in [9.17, 15) is 9.18 Å². The molecule has 2 saturated heterocycles. The van der Waals surface area contributed by atoms with Crippen LogP contribution in [0.3, 0.4) is 0 Å². The van der Waals surface area contributed by atoms with Gasteiger partial charge < -0.3 is 9.80 Å². The number of rotatable bonds is 3. The normalized spacial score (nSPS) is 23.5. The highest BCUT2D eigenvalue weighted by molar-refractivity contribution is 5.95. The molecule has 0 N–H and O–H groups in total. The van der Waals surface area contributed by atoms with Crippen LogP contribution in [-0.4, -0.2) is 73.0 Å². The molecule has 1 atom stereocenters. The van der Waals surface area contributed by atoms with E-state index in [0.717, 1.165) is 38.3 Å². The van der Waals surface area contributed by atoms with Gasteiger partial charge in [-0.3, -0.25) is 9.69 Å². The van der Waals surface area contributed by atoms with Crippen LogP contribution in [0.5, 0.6) is 0 Å². The molecular weight excluding hydrogens is 305 g/mol. The number of benzene rings is 1. The Labute approximate surface area is 144 Å². The highest BCUT2D eigenvalue weighted by Crippen LogP contribution is 2.18. The molecule has 0 aromatic heterocycles. The van der Waals surface area contributed by atoms with E-state index in [1.165, 1.54) is 37.9 Å². The van der Waals surface area contributed by atoms with Crippen molar-refractivity contribution >= 4 is 5.91 Å². The number of aryl methyl sites for hydroxylation is 1. The van der Waals surface area contributed by atoms with Gasteiger partial charge >= 0.3 is 0 Å². The van der Waals surface area contributed by atoms with Crippen LogP contribution >= 0.6 is 0 Å². The molecule has 4 nitrogen and oxygen atoms in total. The largest absolute Gasteiger partial charge is 0.336 e. The summed E-state index contributed by atoms with van der Waals surface area (Å²) >= 11 is 0. The maximum absolute atomic E-state index is 13.5. The SMILES string of the molecule is Cc1ccc(F)cc1C(=O)N1CCN(C[C@@H]2CCCCN2C)CC1. The first-order chi connectivity index (χ1) is 11.5. The summed E-state index contributed by atoms with van der Waals surface area (Å²) in [5.74, 6) is -0.385. The fraction of sp³-hybridized carbons (Fsp3) is 0.632. The van der Waals surface area contributed by atoms with Crippen LogP contribution in [0.1, 0.15) is 35.2 Å². The molecule has 24 heavy (non-hydrogen) atoms. The number of halogens is 1. The summed E-state index contributed by atoms with van der Waals surface area (Å²) in [5.41, 5.74) is 1.34. The summed E-state index contributed by atoms with van der Waals surface area (Å²) in [6.45, 7) is 7.42. The second-order valence-corrected chi connectivity index (χ2v) is 7.18. The number of carbonyl (C=O) groups excluding carboxylic acids is 1. The average molecular weight is 333 g/mol. The molecule has 0 bridgehead atoms. The van der Waals surface area contributed by atoms with Gasteiger partial charge in [0.15, 0.2) is 0 Å². The predicted octanol–water partition coefficient (Wildman–Crippen LogP) is 2.38. The van der Waals surface area contributed by atoms with Crippen molar-refractivity contribution in [2.75, 3.05) is 46.3 Å². The zero-order valence-corrected chi connectivity index (χ0v) is 14.8. The second kappa shape index (κ2) is 7.62. The van der Waals surface area contributed by atoms with E-state index in [1.54, 1.807) is 6.07 Å². The van der Waals surface area contributed by atoms with Gasteiger partial charge in [-0.25, -0.2) is 4.39 Å². The molecule has 1 aromatic rings. The maximum atomic E-state index is 13.5. The van der Waals surface area contributed by atoms with Crippen molar-refractivity contribution < 1.29 is 9.18 Å². The quantitative estimate of drug-likeness (QED) is 0.850. The Hall–Kier alpha value is -1.46. The van der Waals surface area contributed by atoms with Crippen LogP contribution in [0.15, 0.2) is 18.2 Å². The number of nitrogens with zero attached hydrogens (tertiary/aromatic N) is 3. The third kappa shape index (κ3) is 3.95. The molecule has 1 aromatic carbocycles. The minimum absolute atomic E-state index is 0.0403. The fourth-order valence-corrected chi connectivity index (χ4v) is 3.80. The van der Waals surface area contributed by atoms with Crippen LogP contribution in [0.2, 0.25) is 0 Å². The minimum atomic E-state index is -0.345. The van der Waals surface area contributed by atoms with Crippen molar-refractivity contribution in [2.45, 2.75) is 32.2 Å². The summed E-state index contributed by atoms with van der Waals surface area (Å²) in [4.78, 5) is 19.5. The molecule has 0 spiro atoms. The van der Waals surface area contributed by atoms with Gasteiger partial charge in [0.25, 0.3) is 5.91 Å².